The van der Waals surface area contributed by atoms with Crippen LogP contribution in [0.15, 0.2) is 46.9 Å². The summed E-state index contributed by atoms with van der Waals surface area (Å²) in [5, 5.41) is 11.2. The van der Waals surface area contributed by atoms with Gasteiger partial charge in [0, 0.05) is 22.0 Å². The minimum atomic E-state index is -0.721. The lowest BCUT2D eigenvalue weighted by Gasteiger charge is -2.24. The third kappa shape index (κ3) is 3.23. The molecule has 2 aromatic carbocycles. The number of halogens is 2. The number of hydrogen-bond acceptors (Lipinski definition) is 2. The van der Waals surface area contributed by atoms with Crippen LogP contribution < -0.4 is 5.73 Å². The first kappa shape index (κ1) is 15.5. The maximum atomic E-state index is 10.7. The predicted molar refractivity (Wildman–Crippen MR) is 87.1 cm³/mol. The zero-order chi connectivity index (χ0) is 14.7. The monoisotopic (exact) mass is 353 g/mol. The van der Waals surface area contributed by atoms with Crippen molar-refractivity contribution in [2.75, 3.05) is 6.54 Å². The fourth-order valence-electron chi connectivity index (χ4n) is 2.39. The van der Waals surface area contributed by atoms with E-state index in [1.807, 2.05) is 43.3 Å². The van der Waals surface area contributed by atoms with Gasteiger partial charge in [-0.3, -0.25) is 0 Å². The summed E-state index contributed by atoms with van der Waals surface area (Å²) >= 11 is 9.59. The molecule has 2 nitrogen and oxygen atoms in total. The van der Waals surface area contributed by atoms with Gasteiger partial charge >= 0.3 is 0 Å². The van der Waals surface area contributed by atoms with Crippen LogP contribution in [0.3, 0.4) is 0 Å². The minimum absolute atomic E-state index is 0.171. The second-order valence-electron chi connectivity index (χ2n) is 4.81. The normalized spacial score (nSPS) is 14.1. The summed E-state index contributed by atoms with van der Waals surface area (Å²) in [4.78, 5) is 0. The Morgan fingerprint density at radius 3 is 2.50 bits per heavy atom. The molecule has 0 bridgehead atoms. The molecular formula is C16H17BrClNO. The molecule has 4 heteroatoms. The predicted octanol–water partition coefficient (Wildman–Crippen LogP) is 4.19. The van der Waals surface area contributed by atoms with Crippen molar-refractivity contribution in [3.8, 4) is 0 Å². The molecular weight excluding hydrogens is 338 g/mol. The number of aliphatic hydroxyl groups excluding tert-OH is 1. The van der Waals surface area contributed by atoms with Gasteiger partial charge in [-0.1, -0.05) is 57.9 Å². The van der Waals surface area contributed by atoms with Crippen molar-refractivity contribution in [1.82, 2.24) is 0 Å². The van der Waals surface area contributed by atoms with Crippen LogP contribution in [0, 0.1) is 6.92 Å². The Morgan fingerprint density at radius 2 is 1.90 bits per heavy atom. The maximum absolute atomic E-state index is 10.7. The van der Waals surface area contributed by atoms with Crippen LogP contribution in [0.4, 0.5) is 0 Å². The highest BCUT2D eigenvalue weighted by molar-refractivity contribution is 9.10. The van der Waals surface area contributed by atoms with Crippen LogP contribution in [0.2, 0.25) is 5.02 Å². The Labute approximate surface area is 132 Å². The van der Waals surface area contributed by atoms with Crippen molar-refractivity contribution in [1.29, 1.82) is 0 Å². The van der Waals surface area contributed by atoms with Crippen molar-refractivity contribution in [3.05, 3.63) is 68.7 Å². The standard InChI is InChI=1S/C16H17BrClNO/c1-10-4-2-3-5-12(10)14(9-19)16(20)13-7-6-11(17)8-15(13)18/h2-8,14,16,20H,9,19H2,1H3. The Bertz CT molecular complexity index is 603. The average molecular weight is 355 g/mol. The van der Waals surface area contributed by atoms with E-state index in [1.165, 1.54) is 0 Å². The molecule has 0 fully saturated rings. The lowest BCUT2D eigenvalue weighted by molar-refractivity contribution is 0.147. The number of hydrogen-bond donors (Lipinski definition) is 2. The molecule has 2 aromatic rings. The summed E-state index contributed by atoms with van der Waals surface area (Å²) in [6.07, 6.45) is -0.721. The highest BCUT2D eigenvalue weighted by Crippen LogP contribution is 2.36. The van der Waals surface area contributed by atoms with Gasteiger partial charge in [0.05, 0.1) is 6.10 Å². The average Bonchev–Trinajstić information content (AvgIpc) is 2.41. The molecule has 20 heavy (non-hydrogen) atoms. The molecule has 3 N–H and O–H groups in total. The first-order valence-corrected chi connectivity index (χ1v) is 7.60. The first-order valence-electron chi connectivity index (χ1n) is 6.43. The van der Waals surface area contributed by atoms with Crippen LogP contribution in [-0.4, -0.2) is 11.7 Å². The van der Waals surface area contributed by atoms with Gasteiger partial charge in [0.25, 0.3) is 0 Å². The fourth-order valence-corrected chi connectivity index (χ4v) is 3.17. The van der Waals surface area contributed by atoms with Crippen molar-refractivity contribution in [3.63, 3.8) is 0 Å². The summed E-state index contributed by atoms with van der Waals surface area (Å²) in [7, 11) is 0. The molecule has 2 unspecified atom stereocenters. The molecule has 2 atom stereocenters. The van der Waals surface area contributed by atoms with Crippen LogP contribution in [0.25, 0.3) is 0 Å². The third-order valence-corrected chi connectivity index (χ3v) is 4.32. The van der Waals surface area contributed by atoms with Crippen molar-refractivity contribution < 1.29 is 5.11 Å². The summed E-state index contributed by atoms with van der Waals surface area (Å²) in [6, 6.07) is 13.4. The molecule has 2 rings (SSSR count). The lowest BCUT2D eigenvalue weighted by Crippen LogP contribution is -2.21. The Morgan fingerprint density at radius 1 is 1.20 bits per heavy atom. The van der Waals surface area contributed by atoms with Crippen molar-refractivity contribution in [2.24, 2.45) is 5.73 Å². The zero-order valence-corrected chi connectivity index (χ0v) is 13.5. The smallest absolute Gasteiger partial charge is 0.0885 e. The second kappa shape index (κ2) is 6.72. The molecule has 0 aromatic heterocycles. The van der Waals surface area contributed by atoms with Crippen LogP contribution in [-0.2, 0) is 0 Å². The van der Waals surface area contributed by atoms with Gasteiger partial charge in [0.2, 0.25) is 0 Å². The quantitative estimate of drug-likeness (QED) is 0.865. The van der Waals surface area contributed by atoms with Gasteiger partial charge in [0.15, 0.2) is 0 Å². The second-order valence-corrected chi connectivity index (χ2v) is 6.13. The highest BCUT2D eigenvalue weighted by atomic mass is 79.9. The first-order chi connectivity index (χ1) is 9.54. The molecule has 0 aliphatic carbocycles. The number of benzene rings is 2. The van der Waals surface area contributed by atoms with E-state index in [0.717, 1.165) is 15.6 Å². The van der Waals surface area contributed by atoms with E-state index in [1.54, 1.807) is 6.07 Å². The summed E-state index contributed by atoms with van der Waals surface area (Å²) < 4.78 is 0.888. The van der Waals surface area contributed by atoms with E-state index < -0.39 is 6.10 Å². The molecule has 0 aliphatic heterocycles. The molecule has 106 valence electrons. The van der Waals surface area contributed by atoms with E-state index in [4.69, 9.17) is 17.3 Å². The van der Waals surface area contributed by atoms with Crippen LogP contribution in [0.5, 0.6) is 0 Å². The molecule has 0 aliphatic rings. The molecule has 0 heterocycles. The SMILES string of the molecule is Cc1ccccc1C(CN)C(O)c1ccc(Br)cc1Cl. The van der Waals surface area contributed by atoms with E-state index >= 15 is 0 Å². The minimum Gasteiger partial charge on any atom is -0.388 e. The van der Waals surface area contributed by atoms with Crippen molar-refractivity contribution in [2.45, 2.75) is 18.9 Å². The molecule has 0 radical (unpaired) electrons. The summed E-state index contributed by atoms with van der Waals surface area (Å²) in [6.45, 7) is 2.38. The highest BCUT2D eigenvalue weighted by Gasteiger charge is 2.24. The fraction of sp³-hybridized carbons (Fsp3) is 0.250. The summed E-state index contributed by atoms with van der Waals surface area (Å²) in [5.41, 5.74) is 8.76. The Hall–Kier alpha value is -0.870. The molecule has 0 saturated carbocycles. The lowest BCUT2D eigenvalue weighted by atomic mass is 9.87. The molecule has 0 spiro atoms. The van der Waals surface area contributed by atoms with E-state index in [9.17, 15) is 5.11 Å². The van der Waals surface area contributed by atoms with Crippen LogP contribution in [0.1, 0.15) is 28.7 Å². The van der Waals surface area contributed by atoms with Gasteiger partial charge in [-0.2, -0.15) is 0 Å². The van der Waals surface area contributed by atoms with E-state index in [2.05, 4.69) is 15.9 Å². The number of rotatable bonds is 4. The maximum Gasteiger partial charge on any atom is 0.0885 e. The largest absolute Gasteiger partial charge is 0.388 e. The topological polar surface area (TPSA) is 46.2 Å². The number of nitrogens with two attached hydrogens (primary N) is 1. The van der Waals surface area contributed by atoms with E-state index in [0.29, 0.717) is 17.1 Å². The molecule has 0 amide bonds. The number of aryl methyl sites for hydroxylation is 1. The van der Waals surface area contributed by atoms with Gasteiger partial charge in [-0.15, -0.1) is 0 Å². The summed E-state index contributed by atoms with van der Waals surface area (Å²) in [5.74, 6) is -0.171. The van der Waals surface area contributed by atoms with Gasteiger partial charge in [-0.05, 0) is 35.7 Å². The number of aliphatic hydroxyl groups is 1. The van der Waals surface area contributed by atoms with E-state index in [-0.39, 0.29) is 5.92 Å². The third-order valence-electron chi connectivity index (χ3n) is 3.50. The van der Waals surface area contributed by atoms with Crippen molar-refractivity contribution >= 4 is 27.5 Å². The van der Waals surface area contributed by atoms with Gasteiger partial charge in [-0.25, -0.2) is 0 Å². The molecule has 0 saturated heterocycles. The Balaban J connectivity index is 2.39. The Kier molecular flexibility index (Phi) is 5.22. The zero-order valence-electron chi connectivity index (χ0n) is 11.2. The van der Waals surface area contributed by atoms with Gasteiger partial charge in [0.1, 0.15) is 0 Å². The van der Waals surface area contributed by atoms with Crippen LogP contribution >= 0.6 is 27.5 Å². The van der Waals surface area contributed by atoms with Gasteiger partial charge < -0.3 is 10.8 Å².